The molecule has 2 rings (SSSR count). The fraction of sp³-hybridized carbons (Fsp3) is 0.286. The zero-order valence-corrected chi connectivity index (χ0v) is 12.8. The Hall–Kier alpha value is -1.82. The van der Waals surface area contributed by atoms with Crippen molar-refractivity contribution in [3.63, 3.8) is 0 Å². The molecule has 0 spiro atoms. The number of nitrogens with zero attached hydrogens (tertiary/aromatic N) is 2. The van der Waals surface area contributed by atoms with E-state index in [0.29, 0.717) is 12.2 Å². The van der Waals surface area contributed by atoms with Crippen LogP contribution < -0.4 is 17.0 Å². The van der Waals surface area contributed by atoms with Gasteiger partial charge < -0.3 is 10.3 Å². The van der Waals surface area contributed by atoms with Gasteiger partial charge >= 0.3 is 5.69 Å². The first kappa shape index (κ1) is 14.6. The zero-order chi connectivity index (χ0) is 14.7. The third kappa shape index (κ3) is 3.01. The van der Waals surface area contributed by atoms with Crippen molar-refractivity contribution in [2.24, 2.45) is 0 Å². The monoisotopic (exact) mass is 337 g/mol. The van der Waals surface area contributed by atoms with Crippen molar-refractivity contribution in [1.29, 1.82) is 0 Å². The highest BCUT2D eigenvalue weighted by molar-refractivity contribution is 9.10. The molecule has 0 fully saturated rings. The van der Waals surface area contributed by atoms with Crippen LogP contribution in [0.25, 0.3) is 0 Å². The number of halogens is 1. The SMILES string of the molecule is CCCn1ccc(=O)n(Cc2ccc(Br)c(N)c2)c1=O. The van der Waals surface area contributed by atoms with Gasteiger partial charge in [0.15, 0.2) is 0 Å². The molecular weight excluding hydrogens is 322 g/mol. The second-order valence-corrected chi connectivity index (χ2v) is 5.43. The van der Waals surface area contributed by atoms with Gasteiger partial charge in [0.2, 0.25) is 0 Å². The minimum absolute atomic E-state index is 0.222. The highest BCUT2D eigenvalue weighted by atomic mass is 79.9. The summed E-state index contributed by atoms with van der Waals surface area (Å²) in [7, 11) is 0. The summed E-state index contributed by atoms with van der Waals surface area (Å²) in [5, 5.41) is 0. The Balaban J connectivity index is 2.42. The summed E-state index contributed by atoms with van der Waals surface area (Å²) in [5.41, 5.74) is 6.62. The summed E-state index contributed by atoms with van der Waals surface area (Å²) < 4.78 is 3.56. The van der Waals surface area contributed by atoms with Crippen molar-refractivity contribution < 1.29 is 0 Å². The summed E-state index contributed by atoms with van der Waals surface area (Å²) >= 11 is 3.32. The first-order valence-electron chi connectivity index (χ1n) is 6.37. The van der Waals surface area contributed by atoms with E-state index in [4.69, 9.17) is 5.73 Å². The topological polar surface area (TPSA) is 70.0 Å². The molecule has 2 aromatic rings. The van der Waals surface area contributed by atoms with Gasteiger partial charge in [-0.15, -0.1) is 0 Å². The molecule has 20 heavy (non-hydrogen) atoms. The summed E-state index contributed by atoms with van der Waals surface area (Å²) in [5.74, 6) is 0. The maximum atomic E-state index is 12.2. The lowest BCUT2D eigenvalue weighted by atomic mass is 10.2. The Morgan fingerprint density at radius 3 is 2.65 bits per heavy atom. The predicted molar refractivity (Wildman–Crippen MR) is 82.9 cm³/mol. The number of benzene rings is 1. The molecule has 106 valence electrons. The van der Waals surface area contributed by atoms with Crippen molar-refractivity contribution in [2.75, 3.05) is 5.73 Å². The third-order valence-corrected chi connectivity index (χ3v) is 3.73. The van der Waals surface area contributed by atoms with Crippen LogP contribution in [0.2, 0.25) is 0 Å². The smallest absolute Gasteiger partial charge is 0.331 e. The van der Waals surface area contributed by atoms with Crippen molar-refractivity contribution in [3.05, 3.63) is 61.3 Å². The van der Waals surface area contributed by atoms with Gasteiger partial charge in [0, 0.05) is 29.0 Å². The van der Waals surface area contributed by atoms with Crippen LogP contribution in [0.4, 0.5) is 5.69 Å². The normalized spacial score (nSPS) is 10.7. The number of hydrogen-bond acceptors (Lipinski definition) is 3. The van der Waals surface area contributed by atoms with Crippen LogP contribution in [0.15, 0.2) is 44.5 Å². The quantitative estimate of drug-likeness (QED) is 0.865. The van der Waals surface area contributed by atoms with Crippen LogP contribution in [-0.4, -0.2) is 9.13 Å². The third-order valence-electron chi connectivity index (χ3n) is 3.01. The molecule has 0 atom stereocenters. The molecule has 0 aliphatic carbocycles. The fourth-order valence-electron chi connectivity index (χ4n) is 1.99. The largest absolute Gasteiger partial charge is 0.398 e. The lowest BCUT2D eigenvalue weighted by Crippen LogP contribution is -2.39. The summed E-state index contributed by atoms with van der Waals surface area (Å²) in [6.45, 7) is 2.80. The number of nitrogen functional groups attached to an aromatic ring is 1. The van der Waals surface area contributed by atoms with E-state index in [2.05, 4.69) is 15.9 Å². The molecule has 5 nitrogen and oxygen atoms in total. The second kappa shape index (κ2) is 6.09. The predicted octanol–water partition coefficient (Wildman–Crippen LogP) is 1.81. The van der Waals surface area contributed by atoms with E-state index < -0.39 is 0 Å². The van der Waals surface area contributed by atoms with Crippen LogP contribution in [0.5, 0.6) is 0 Å². The van der Waals surface area contributed by atoms with Gasteiger partial charge in [-0.05, 0) is 40.0 Å². The van der Waals surface area contributed by atoms with Gasteiger partial charge in [0.1, 0.15) is 0 Å². The Kier molecular flexibility index (Phi) is 4.44. The van der Waals surface area contributed by atoms with Crippen molar-refractivity contribution in [1.82, 2.24) is 9.13 Å². The van der Waals surface area contributed by atoms with Crippen LogP contribution in [-0.2, 0) is 13.1 Å². The minimum atomic E-state index is -0.302. The van der Waals surface area contributed by atoms with E-state index in [9.17, 15) is 9.59 Å². The summed E-state index contributed by atoms with van der Waals surface area (Å²) in [6.07, 6.45) is 2.38. The molecule has 1 heterocycles. The highest BCUT2D eigenvalue weighted by Crippen LogP contribution is 2.20. The Bertz CT molecular complexity index is 734. The van der Waals surface area contributed by atoms with Crippen molar-refractivity contribution in [3.8, 4) is 0 Å². The molecule has 0 saturated carbocycles. The average Bonchev–Trinajstić information content (AvgIpc) is 2.42. The molecule has 2 N–H and O–H groups in total. The summed E-state index contributed by atoms with van der Waals surface area (Å²) in [4.78, 5) is 24.1. The van der Waals surface area contributed by atoms with E-state index >= 15 is 0 Å². The number of rotatable bonds is 4. The molecule has 1 aromatic carbocycles. The van der Waals surface area contributed by atoms with Gasteiger partial charge in [0.05, 0.1) is 6.54 Å². The standard InChI is InChI=1S/C14H16BrN3O2/c1-2-6-17-7-5-13(19)18(14(17)20)9-10-3-4-11(15)12(16)8-10/h3-5,7-8H,2,6,9,16H2,1H3. The Morgan fingerprint density at radius 2 is 2.00 bits per heavy atom. The Labute approximate surface area is 124 Å². The maximum Gasteiger partial charge on any atom is 0.331 e. The van der Waals surface area contributed by atoms with Crippen LogP contribution in [0, 0.1) is 0 Å². The molecule has 0 radical (unpaired) electrons. The molecule has 0 amide bonds. The van der Waals surface area contributed by atoms with Crippen molar-refractivity contribution >= 4 is 21.6 Å². The fourth-order valence-corrected chi connectivity index (χ4v) is 2.23. The zero-order valence-electron chi connectivity index (χ0n) is 11.2. The van der Waals surface area contributed by atoms with Crippen LogP contribution in [0.3, 0.4) is 0 Å². The van der Waals surface area contributed by atoms with E-state index in [1.54, 1.807) is 16.8 Å². The molecule has 0 aliphatic rings. The molecular formula is C14H16BrN3O2. The lowest BCUT2D eigenvalue weighted by molar-refractivity contribution is 0.571. The average molecular weight is 338 g/mol. The number of anilines is 1. The van der Waals surface area contributed by atoms with Crippen molar-refractivity contribution in [2.45, 2.75) is 26.4 Å². The molecule has 1 aromatic heterocycles. The molecule has 0 bridgehead atoms. The number of nitrogens with two attached hydrogens (primary N) is 1. The highest BCUT2D eigenvalue weighted by Gasteiger charge is 2.06. The summed E-state index contributed by atoms with van der Waals surface area (Å²) in [6, 6.07) is 6.82. The maximum absolute atomic E-state index is 12.2. The molecule has 6 heteroatoms. The van der Waals surface area contributed by atoms with Gasteiger partial charge in [0.25, 0.3) is 5.56 Å². The van der Waals surface area contributed by atoms with E-state index in [-0.39, 0.29) is 17.8 Å². The van der Waals surface area contributed by atoms with Gasteiger partial charge in [-0.2, -0.15) is 0 Å². The number of aryl methyl sites for hydroxylation is 1. The lowest BCUT2D eigenvalue weighted by Gasteiger charge is -2.10. The molecule has 0 saturated heterocycles. The van der Waals surface area contributed by atoms with Gasteiger partial charge in [-0.3, -0.25) is 9.36 Å². The van der Waals surface area contributed by atoms with Crippen LogP contribution in [0.1, 0.15) is 18.9 Å². The molecule has 0 aliphatic heterocycles. The van der Waals surface area contributed by atoms with Crippen LogP contribution >= 0.6 is 15.9 Å². The molecule has 0 unspecified atom stereocenters. The minimum Gasteiger partial charge on any atom is -0.398 e. The van der Waals surface area contributed by atoms with E-state index in [0.717, 1.165) is 16.5 Å². The van der Waals surface area contributed by atoms with E-state index in [1.807, 2.05) is 19.1 Å². The number of hydrogen-bond donors (Lipinski definition) is 1. The first-order chi connectivity index (χ1) is 9.52. The number of aromatic nitrogens is 2. The van der Waals surface area contributed by atoms with E-state index in [1.165, 1.54) is 10.6 Å². The Morgan fingerprint density at radius 1 is 1.25 bits per heavy atom. The van der Waals surface area contributed by atoms with Gasteiger partial charge in [-0.25, -0.2) is 4.79 Å². The second-order valence-electron chi connectivity index (χ2n) is 4.57. The van der Waals surface area contributed by atoms with Gasteiger partial charge in [-0.1, -0.05) is 13.0 Å². The first-order valence-corrected chi connectivity index (χ1v) is 7.16.